The quantitative estimate of drug-likeness (QED) is 0.712. The molecule has 0 bridgehead atoms. The summed E-state index contributed by atoms with van der Waals surface area (Å²) in [5, 5.41) is 9.84. The van der Waals surface area contributed by atoms with Crippen LogP contribution >= 0.6 is 0 Å². The van der Waals surface area contributed by atoms with Crippen LogP contribution in [0.1, 0.15) is 23.5 Å². The highest BCUT2D eigenvalue weighted by Crippen LogP contribution is 2.36. The SMILES string of the molecule is Cc1cc2cnn(-c3cnn(C)c3)c2cc1C1CCN(C2COC2)C[C@H]1F. The molecule has 4 heterocycles. The van der Waals surface area contributed by atoms with E-state index in [4.69, 9.17) is 4.74 Å². The van der Waals surface area contributed by atoms with E-state index in [1.165, 1.54) is 0 Å². The van der Waals surface area contributed by atoms with E-state index >= 15 is 4.39 Å². The van der Waals surface area contributed by atoms with Gasteiger partial charge in [0.05, 0.1) is 43.4 Å². The number of likely N-dealkylation sites (tertiary alicyclic amines) is 1. The first kappa shape index (κ1) is 16.9. The lowest BCUT2D eigenvalue weighted by molar-refractivity contribution is -0.0807. The summed E-state index contributed by atoms with van der Waals surface area (Å²) in [6.45, 7) is 4.99. The first-order valence-corrected chi connectivity index (χ1v) is 9.53. The molecule has 2 saturated heterocycles. The Morgan fingerprint density at radius 3 is 2.70 bits per heavy atom. The van der Waals surface area contributed by atoms with Crippen LogP contribution in [-0.4, -0.2) is 63.0 Å². The number of hydrogen-bond donors (Lipinski definition) is 0. The Labute approximate surface area is 157 Å². The van der Waals surface area contributed by atoms with Gasteiger partial charge in [0.25, 0.3) is 0 Å². The Morgan fingerprint density at radius 2 is 2.04 bits per heavy atom. The summed E-state index contributed by atoms with van der Waals surface area (Å²) in [7, 11) is 1.89. The van der Waals surface area contributed by atoms with Gasteiger partial charge in [-0.2, -0.15) is 10.2 Å². The Kier molecular flexibility index (Phi) is 4.02. The number of aryl methyl sites for hydroxylation is 2. The number of alkyl halides is 1. The molecule has 6 nitrogen and oxygen atoms in total. The molecule has 3 aromatic rings. The first-order chi connectivity index (χ1) is 13.1. The topological polar surface area (TPSA) is 48.1 Å². The third kappa shape index (κ3) is 2.85. The van der Waals surface area contributed by atoms with Gasteiger partial charge in [-0.25, -0.2) is 9.07 Å². The van der Waals surface area contributed by atoms with Gasteiger partial charge in [0.15, 0.2) is 0 Å². The van der Waals surface area contributed by atoms with Crippen molar-refractivity contribution in [1.29, 1.82) is 0 Å². The van der Waals surface area contributed by atoms with Crippen LogP contribution in [0.2, 0.25) is 0 Å². The molecule has 0 aliphatic carbocycles. The highest BCUT2D eigenvalue weighted by molar-refractivity contribution is 5.82. The minimum Gasteiger partial charge on any atom is -0.378 e. The Balaban J connectivity index is 1.48. The highest BCUT2D eigenvalue weighted by atomic mass is 19.1. The minimum atomic E-state index is -0.856. The van der Waals surface area contributed by atoms with Gasteiger partial charge in [-0.3, -0.25) is 9.58 Å². The predicted octanol–water partition coefficient (Wildman–Crippen LogP) is 2.59. The molecule has 142 valence electrons. The minimum absolute atomic E-state index is 0.0658. The van der Waals surface area contributed by atoms with Crippen LogP contribution in [0.25, 0.3) is 16.6 Å². The van der Waals surface area contributed by atoms with Crippen LogP contribution in [0.4, 0.5) is 4.39 Å². The lowest BCUT2D eigenvalue weighted by Crippen LogP contribution is -2.54. The number of fused-ring (bicyclic) bond motifs is 1. The molecule has 1 aromatic carbocycles. The monoisotopic (exact) mass is 369 g/mol. The van der Waals surface area contributed by atoms with Crippen LogP contribution in [0.15, 0.2) is 30.7 Å². The van der Waals surface area contributed by atoms with E-state index in [-0.39, 0.29) is 5.92 Å². The van der Waals surface area contributed by atoms with E-state index in [2.05, 4.69) is 34.2 Å². The molecule has 0 radical (unpaired) electrons. The van der Waals surface area contributed by atoms with Gasteiger partial charge in [0.1, 0.15) is 11.9 Å². The van der Waals surface area contributed by atoms with Crippen molar-refractivity contribution in [2.24, 2.45) is 7.05 Å². The summed E-state index contributed by atoms with van der Waals surface area (Å²) >= 11 is 0. The Hall–Kier alpha value is -2.25. The summed E-state index contributed by atoms with van der Waals surface area (Å²) in [6, 6.07) is 4.66. The molecule has 0 N–H and O–H groups in total. The van der Waals surface area contributed by atoms with Gasteiger partial charge in [0.2, 0.25) is 0 Å². The van der Waals surface area contributed by atoms with Gasteiger partial charge in [-0.1, -0.05) is 0 Å². The highest BCUT2D eigenvalue weighted by Gasteiger charge is 2.36. The smallest absolute Gasteiger partial charge is 0.120 e. The van der Waals surface area contributed by atoms with Gasteiger partial charge >= 0.3 is 0 Å². The molecule has 0 saturated carbocycles. The fraction of sp³-hybridized carbons (Fsp3) is 0.500. The van der Waals surface area contributed by atoms with Crippen LogP contribution in [0.3, 0.4) is 0 Å². The second-order valence-corrected chi connectivity index (χ2v) is 7.79. The Bertz CT molecular complexity index is 976. The van der Waals surface area contributed by atoms with Gasteiger partial charge in [-0.15, -0.1) is 0 Å². The number of halogens is 1. The molecule has 2 fully saturated rings. The van der Waals surface area contributed by atoms with Crippen molar-refractivity contribution >= 4 is 10.9 Å². The molecule has 7 heteroatoms. The standard InChI is InChI=1S/C20H24FN5O/c1-13-5-14-7-23-26(15-8-22-24(2)9-15)20(14)6-18(13)17-3-4-25(10-19(17)21)16-11-27-12-16/h5-9,16-17,19H,3-4,10-12H2,1-2H3/t17?,19-/m1/s1. The zero-order valence-electron chi connectivity index (χ0n) is 15.7. The summed E-state index contributed by atoms with van der Waals surface area (Å²) in [5.74, 6) is -0.0658. The Morgan fingerprint density at radius 1 is 1.19 bits per heavy atom. The van der Waals surface area contributed by atoms with Gasteiger partial charge in [0, 0.05) is 24.9 Å². The van der Waals surface area contributed by atoms with E-state index in [1.54, 1.807) is 10.9 Å². The third-order valence-corrected chi connectivity index (χ3v) is 6.00. The van der Waals surface area contributed by atoms with E-state index in [0.717, 1.165) is 53.9 Å². The number of ether oxygens (including phenoxy) is 1. The molecular formula is C20H24FN5O. The lowest BCUT2D eigenvalue weighted by atomic mass is 9.84. The summed E-state index contributed by atoms with van der Waals surface area (Å²) in [5.41, 5.74) is 4.16. The van der Waals surface area contributed by atoms with Crippen molar-refractivity contribution in [2.45, 2.75) is 31.5 Å². The maximum Gasteiger partial charge on any atom is 0.120 e. The number of hydrogen-bond acceptors (Lipinski definition) is 4. The van der Waals surface area contributed by atoms with Crippen LogP contribution in [0.5, 0.6) is 0 Å². The fourth-order valence-corrected chi connectivity index (χ4v) is 4.37. The fourth-order valence-electron chi connectivity index (χ4n) is 4.37. The van der Waals surface area contributed by atoms with Crippen molar-refractivity contribution in [3.8, 4) is 5.69 Å². The maximum atomic E-state index is 15.1. The molecule has 0 amide bonds. The van der Waals surface area contributed by atoms with E-state index < -0.39 is 6.17 Å². The van der Waals surface area contributed by atoms with Crippen LogP contribution in [-0.2, 0) is 11.8 Å². The molecule has 2 aromatic heterocycles. The van der Waals surface area contributed by atoms with E-state index in [9.17, 15) is 0 Å². The number of piperidine rings is 1. The zero-order chi connectivity index (χ0) is 18.5. The number of nitrogens with zero attached hydrogens (tertiary/aromatic N) is 5. The normalized spacial score (nSPS) is 24.4. The van der Waals surface area contributed by atoms with Crippen molar-refractivity contribution < 1.29 is 9.13 Å². The average molecular weight is 369 g/mol. The van der Waals surface area contributed by atoms with Crippen molar-refractivity contribution in [1.82, 2.24) is 24.5 Å². The number of rotatable bonds is 3. The average Bonchev–Trinajstić information content (AvgIpc) is 3.18. The molecule has 2 aliphatic heterocycles. The second-order valence-electron chi connectivity index (χ2n) is 7.79. The molecule has 1 unspecified atom stereocenters. The summed E-state index contributed by atoms with van der Waals surface area (Å²) < 4.78 is 24.0. The molecular weight excluding hydrogens is 345 g/mol. The largest absolute Gasteiger partial charge is 0.378 e. The molecule has 2 aliphatic rings. The summed E-state index contributed by atoms with van der Waals surface area (Å²) in [4.78, 5) is 2.25. The van der Waals surface area contributed by atoms with Crippen LogP contribution in [0, 0.1) is 6.92 Å². The zero-order valence-corrected chi connectivity index (χ0v) is 15.7. The van der Waals surface area contributed by atoms with Crippen LogP contribution < -0.4 is 0 Å². The molecule has 27 heavy (non-hydrogen) atoms. The van der Waals surface area contributed by atoms with E-state index in [1.807, 2.05) is 24.1 Å². The molecule has 2 atom stereocenters. The summed E-state index contributed by atoms with van der Waals surface area (Å²) in [6.07, 6.45) is 5.58. The van der Waals surface area contributed by atoms with Gasteiger partial charge < -0.3 is 4.74 Å². The maximum absolute atomic E-state index is 15.1. The first-order valence-electron chi connectivity index (χ1n) is 9.53. The second kappa shape index (κ2) is 6.42. The number of benzene rings is 1. The lowest BCUT2D eigenvalue weighted by Gasteiger charge is -2.43. The number of aromatic nitrogens is 4. The van der Waals surface area contributed by atoms with Crippen molar-refractivity contribution in [3.05, 3.63) is 41.9 Å². The molecule has 0 spiro atoms. The molecule has 5 rings (SSSR count). The van der Waals surface area contributed by atoms with Crippen molar-refractivity contribution in [2.75, 3.05) is 26.3 Å². The third-order valence-electron chi connectivity index (χ3n) is 6.00. The predicted molar refractivity (Wildman–Crippen MR) is 101 cm³/mol. The van der Waals surface area contributed by atoms with Gasteiger partial charge in [-0.05, 0) is 43.1 Å². The van der Waals surface area contributed by atoms with E-state index in [0.29, 0.717) is 12.6 Å². The van der Waals surface area contributed by atoms with Crippen molar-refractivity contribution in [3.63, 3.8) is 0 Å².